The normalized spacial score (nSPS) is 11.2. The number of hydrogen-bond donors (Lipinski definition) is 2. The number of carbonyl (C=O) groups excluding carboxylic acids is 1. The summed E-state index contributed by atoms with van der Waals surface area (Å²) in [7, 11) is 0. The number of amides is 1. The fraction of sp³-hybridized carbons (Fsp3) is 0.0952. The van der Waals surface area contributed by atoms with Gasteiger partial charge in [-0.25, -0.2) is 5.43 Å². The first kappa shape index (κ1) is 18.9. The smallest absolute Gasteiger partial charge is 0.272 e. The van der Waals surface area contributed by atoms with Gasteiger partial charge in [-0.3, -0.25) is 9.78 Å². The van der Waals surface area contributed by atoms with Crippen LogP contribution < -0.4 is 5.43 Å². The van der Waals surface area contributed by atoms with E-state index in [0.29, 0.717) is 16.8 Å². The summed E-state index contributed by atoms with van der Waals surface area (Å²) in [4.78, 5) is 15.8. The minimum atomic E-state index is -0.394. The maximum Gasteiger partial charge on any atom is 0.272 e. The lowest BCUT2D eigenvalue weighted by Crippen LogP contribution is -2.17. The van der Waals surface area contributed by atoms with E-state index >= 15 is 0 Å². The molecule has 0 fully saturated rings. The van der Waals surface area contributed by atoms with Gasteiger partial charge in [0, 0.05) is 18.0 Å². The fourth-order valence-corrected chi connectivity index (χ4v) is 2.33. The van der Waals surface area contributed by atoms with Gasteiger partial charge in [-0.15, -0.1) is 0 Å². The Kier molecular flexibility index (Phi) is 5.86. The van der Waals surface area contributed by atoms with E-state index in [1.165, 1.54) is 24.0 Å². The Labute approximate surface area is 162 Å². The van der Waals surface area contributed by atoms with Gasteiger partial charge in [0.05, 0.1) is 23.2 Å². The lowest BCUT2D eigenvalue weighted by Gasteiger charge is -2.02. The zero-order valence-corrected chi connectivity index (χ0v) is 15.5. The number of aromatic nitrogens is 1. The van der Waals surface area contributed by atoms with Crippen molar-refractivity contribution in [2.75, 3.05) is 0 Å². The van der Waals surface area contributed by atoms with E-state index in [-0.39, 0.29) is 5.75 Å². The van der Waals surface area contributed by atoms with Crippen molar-refractivity contribution in [2.24, 2.45) is 15.3 Å². The van der Waals surface area contributed by atoms with Crippen molar-refractivity contribution in [3.63, 3.8) is 0 Å². The van der Waals surface area contributed by atoms with E-state index in [2.05, 4.69) is 25.7 Å². The zero-order chi connectivity index (χ0) is 19.9. The molecular weight excluding hydrogens is 354 g/mol. The second-order valence-electron chi connectivity index (χ2n) is 6.15. The summed E-state index contributed by atoms with van der Waals surface area (Å²) in [5.74, 6) is -0.376. The molecule has 7 heteroatoms. The Bertz CT molecular complexity index is 1050. The molecule has 0 radical (unpaired) electrons. The lowest BCUT2D eigenvalue weighted by atomic mass is 10.1. The number of hydrogen-bond acceptors (Lipinski definition) is 6. The molecule has 1 aromatic heterocycles. The van der Waals surface area contributed by atoms with Crippen LogP contribution in [0.5, 0.6) is 5.75 Å². The number of aryl methyl sites for hydroxylation is 2. The third kappa shape index (κ3) is 4.85. The first-order valence-electron chi connectivity index (χ1n) is 8.58. The molecule has 3 rings (SSSR count). The molecule has 0 aliphatic rings. The summed E-state index contributed by atoms with van der Waals surface area (Å²) in [6, 6.07) is 13.9. The monoisotopic (exact) mass is 373 g/mol. The van der Waals surface area contributed by atoms with E-state index in [4.69, 9.17) is 0 Å². The van der Waals surface area contributed by atoms with Crippen LogP contribution in [0.1, 0.15) is 27.0 Å². The molecule has 0 aliphatic carbocycles. The van der Waals surface area contributed by atoms with Gasteiger partial charge >= 0.3 is 0 Å². The Morgan fingerprint density at radius 2 is 1.79 bits per heavy atom. The topological polar surface area (TPSA) is 99.3 Å². The molecule has 28 heavy (non-hydrogen) atoms. The highest BCUT2D eigenvalue weighted by Crippen LogP contribution is 2.25. The second-order valence-corrected chi connectivity index (χ2v) is 6.15. The lowest BCUT2D eigenvalue weighted by molar-refractivity contribution is 0.0954. The van der Waals surface area contributed by atoms with Crippen molar-refractivity contribution in [2.45, 2.75) is 13.8 Å². The Morgan fingerprint density at radius 3 is 2.50 bits per heavy atom. The molecule has 0 saturated heterocycles. The van der Waals surface area contributed by atoms with Gasteiger partial charge in [-0.05, 0) is 67.4 Å². The summed E-state index contributed by atoms with van der Waals surface area (Å²) in [6.07, 6.45) is 4.37. The van der Waals surface area contributed by atoms with Crippen LogP contribution in [0.3, 0.4) is 0 Å². The molecule has 0 atom stereocenters. The van der Waals surface area contributed by atoms with Crippen molar-refractivity contribution < 1.29 is 9.90 Å². The molecule has 1 amide bonds. The minimum absolute atomic E-state index is 0.0181. The van der Waals surface area contributed by atoms with Crippen LogP contribution in [0.2, 0.25) is 0 Å². The predicted octanol–water partition coefficient (Wildman–Crippen LogP) is 4.58. The van der Waals surface area contributed by atoms with Crippen LogP contribution in [0.4, 0.5) is 11.4 Å². The van der Waals surface area contributed by atoms with E-state index in [9.17, 15) is 9.90 Å². The molecule has 0 unspecified atom stereocenters. The molecule has 2 N–H and O–H groups in total. The molecule has 140 valence electrons. The highest BCUT2D eigenvalue weighted by atomic mass is 16.3. The molecule has 0 bridgehead atoms. The summed E-state index contributed by atoms with van der Waals surface area (Å²) in [6.45, 7) is 4.05. The molecule has 1 heterocycles. The molecule has 0 spiro atoms. The van der Waals surface area contributed by atoms with Crippen LogP contribution in [0, 0.1) is 13.8 Å². The van der Waals surface area contributed by atoms with Crippen molar-refractivity contribution in [3.8, 4) is 5.75 Å². The number of nitrogens with one attached hydrogen (secondary N) is 1. The Hall–Kier alpha value is -3.87. The molecule has 7 nitrogen and oxygen atoms in total. The van der Waals surface area contributed by atoms with E-state index in [1.54, 1.807) is 30.5 Å². The third-order valence-electron chi connectivity index (χ3n) is 4.08. The zero-order valence-electron chi connectivity index (χ0n) is 15.5. The van der Waals surface area contributed by atoms with Gasteiger partial charge in [-0.2, -0.15) is 15.3 Å². The van der Waals surface area contributed by atoms with Gasteiger partial charge in [0.25, 0.3) is 5.91 Å². The predicted molar refractivity (Wildman–Crippen MR) is 107 cm³/mol. The van der Waals surface area contributed by atoms with Crippen molar-refractivity contribution in [3.05, 3.63) is 83.2 Å². The van der Waals surface area contributed by atoms with E-state index in [1.807, 2.05) is 32.0 Å². The minimum Gasteiger partial charge on any atom is -0.507 e. The van der Waals surface area contributed by atoms with Gasteiger partial charge < -0.3 is 5.11 Å². The Morgan fingerprint density at radius 1 is 1.04 bits per heavy atom. The number of rotatable bonds is 5. The fourth-order valence-electron chi connectivity index (χ4n) is 2.33. The average Bonchev–Trinajstić information content (AvgIpc) is 2.71. The van der Waals surface area contributed by atoms with Gasteiger partial charge in [0.2, 0.25) is 0 Å². The maximum atomic E-state index is 11.9. The van der Waals surface area contributed by atoms with Crippen LogP contribution in [-0.4, -0.2) is 22.2 Å². The number of azo groups is 1. The highest BCUT2D eigenvalue weighted by molar-refractivity contribution is 5.94. The number of aromatic hydroxyl groups is 1. The standard InChI is InChI=1S/C21H19N5O2/c1-14-5-6-18(10-15(14)2)24-25-19-7-8-20(27)17(11-19)13-23-26-21(28)16-4-3-9-22-12-16/h3-13,27H,1-2H3,(H,26,28)/b23-13+,25-24?. The van der Waals surface area contributed by atoms with Gasteiger partial charge in [0.15, 0.2) is 0 Å². The molecule has 2 aromatic carbocycles. The first-order chi connectivity index (χ1) is 13.5. The van der Waals surface area contributed by atoms with Crippen molar-refractivity contribution in [1.29, 1.82) is 0 Å². The molecule has 0 saturated carbocycles. The highest BCUT2D eigenvalue weighted by Gasteiger charge is 2.04. The van der Waals surface area contributed by atoms with Crippen LogP contribution in [0.25, 0.3) is 0 Å². The van der Waals surface area contributed by atoms with Crippen molar-refractivity contribution in [1.82, 2.24) is 10.4 Å². The van der Waals surface area contributed by atoms with Crippen molar-refractivity contribution >= 4 is 23.5 Å². The summed E-state index contributed by atoms with van der Waals surface area (Å²) in [5.41, 5.74) is 6.81. The quantitative estimate of drug-likeness (QED) is 0.389. The van der Waals surface area contributed by atoms with E-state index < -0.39 is 5.91 Å². The number of phenolic OH excluding ortho intramolecular Hbond substituents is 1. The number of hydrazone groups is 1. The maximum absolute atomic E-state index is 11.9. The molecule has 3 aromatic rings. The van der Waals surface area contributed by atoms with E-state index in [0.717, 1.165) is 11.3 Å². The Balaban J connectivity index is 1.71. The number of nitrogens with zero attached hydrogens (tertiary/aromatic N) is 4. The van der Waals surface area contributed by atoms with Crippen LogP contribution in [-0.2, 0) is 0 Å². The SMILES string of the molecule is Cc1ccc(N=Nc2ccc(O)c(/C=N/NC(=O)c3cccnc3)c2)cc1C. The number of pyridine rings is 1. The largest absolute Gasteiger partial charge is 0.507 e. The summed E-state index contributed by atoms with van der Waals surface area (Å²) >= 11 is 0. The van der Waals surface area contributed by atoms with Gasteiger partial charge in [-0.1, -0.05) is 6.07 Å². The first-order valence-corrected chi connectivity index (χ1v) is 8.58. The third-order valence-corrected chi connectivity index (χ3v) is 4.08. The number of phenols is 1. The average molecular weight is 373 g/mol. The summed E-state index contributed by atoms with van der Waals surface area (Å²) in [5, 5.41) is 22.3. The number of benzene rings is 2. The summed E-state index contributed by atoms with van der Waals surface area (Å²) < 4.78 is 0. The van der Waals surface area contributed by atoms with Crippen LogP contribution in [0.15, 0.2) is 76.3 Å². The van der Waals surface area contributed by atoms with Gasteiger partial charge in [0.1, 0.15) is 5.75 Å². The van der Waals surface area contributed by atoms with Crippen LogP contribution >= 0.6 is 0 Å². The number of carbonyl (C=O) groups is 1. The molecular formula is C21H19N5O2. The second kappa shape index (κ2) is 8.68. The molecule has 0 aliphatic heterocycles.